The van der Waals surface area contributed by atoms with E-state index in [1.807, 2.05) is 0 Å². The van der Waals surface area contributed by atoms with Crippen molar-refractivity contribution in [1.29, 1.82) is 0 Å². The molecule has 0 atom stereocenters. The molecule has 0 aromatic carbocycles. The maximum Gasteiger partial charge on any atom is 0.528 e. The first-order valence-electron chi connectivity index (χ1n) is 3.11. The third-order valence-corrected chi connectivity index (χ3v) is 2.21. The van der Waals surface area contributed by atoms with Crippen LogP contribution < -0.4 is 0 Å². The van der Waals surface area contributed by atoms with Crippen LogP contribution in [0.3, 0.4) is 0 Å². The third-order valence-electron chi connectivity index (χ3n) is 0.940. The minimum atomic E-state index is -3.48. The molecular formula is C6H11O5P. The highest BCUT2D eigenvalue weighted by Crippen LogP contribution is 2.47. The van der Waals surface area contributed by atoms with Gasteiger partial charge in [0, 0.05) is 20.3 Å². The van der Waals surface area contributed by atoms with Crippen LogP contribution in [0.15, 0.2) is 12.3 Å². The highest BCUT2D eigenvalue weighted by molar-refractivity contribution is 7.48. The minimum Gasteiger partial charge on any atom is -0.412 e. The zero-order chi connectivity index (χ0) is 9.61. The average molecular weight is 194 g/mol. The molecule has 0 aliphatic rings. The van der Waals surface area contributed by atoms with Gasteiger partial charge in [0.1, 0.15) is 0 Å². The molecule has 0 aliphatic carbocycles. The van der Waals surface area contributed by atoms with Crippen LogP contribution >= 0.6 is 7.82 Å². The predicted octanol–water partition coefficient (Wildman–Crippen LogP) is 1.51. The molecule has 0 aromatic rings. The standard InChI is InChI=1S/C6H11O5P/c1-6(7)4-5-11-12(8,9-2)10-3/h4-5H,1-3H3. The lowest BCUT2D eigenvalue weighted by Crippen LogP contribution is -1.90. The zero-order valence-corrected chi connectivity index (χ0v) is 8.04. The highest BCUT2D eigenvalue weighted by Gasteiger charge is 2.21. The number of allylic oxidation sites excluding steroid dienone is 1. The SMILES string of the molecule is COP(=O)(OC)OC=CC(C)=O. The number of phosphoric acid groups is 1. The van der Waals surface area contributed by atoms with Gasteiger partial charge >= 0.3 is 7.82 Å². The van der Waals surface area contributed by atoms with Crippen molar-refractivity contribution in [3.8, 4) is 0 Å². The number of rotatable bonds is 5. The molecule has 0 aliphatic heterocycles. The lowest BCUT2D eigenvalue weighted by atomic mass is 10.4. The third kappa shape index (κ3) is 4.28. The van der Waals surface area contributed by atoms with Crippen molar-refractivity contribution >= 4 is 13.6 Å². The molecule has 0 heterocycles. The first-order valence-corrected chi connectivity index (χ1v) is 4.57. The molecule has 0 saturated carbocycles. The van der Waals surface area contributed by atoms with Gasteiger partial charge in [0.05, 0.1) is 6.26 Å². The molecule has 6 heteroatoms. The molecule has 0 fully saturated rings. The average Bonchev–Trinajstić information content (AvgIpc) is 2.03. The lowest BCUT2D eigenvalue weighted by molar-refractivity contribution is -0.112. The van der Waals surface area contributed by atoms with Crippen molar-refractivity contribution in [1.82, 2.24) is 0 Å². The van der Waals surface area contributed by atoms with Crippen LogP contribution in [0.4, 0.5) is 0 Å². The Morgan fingerprint density at radius 1 is 1.33 bits per heavy atom. The number of ketones is 1. The largest absolute Gasteiger partial charge is 0.528 e. The molecule has 70 valence electrons. The van der Waals surface area contributed by atoms with Gasteiger partial charge in [0.2, 0.25) is 0 Å². The molecule has 0 bridgehead atoms. The van der Waals surface area contributed by atoms with Gasteiger partial charge in [-0.25, -0.2) is 4.57 Å². The first-order chi connectivity index (χ1) is 5.54. The summed E-state index contributed by atoms with van der Waals surface area (Å²) in [7, 11) is -1.10. The van der Waals surface area contributed by atoms with E-state index in [0.29, 0.717) is 0 Å². The molecule has 0 rings (SSSR count). The Labute approximate surface area is 70.9 Å². The van der Waals surface area contributed by atoms with Crippen LogP contribution in [0.1, 0.15) is 6.92 Å². The molecule has 0 N–H and O–H groups in total. The second kappa shape index (κ2) is 5.09. The molecule has 0 aromatic heterocycles. The van der Waals surface area contributed by atoms with Crippen LogP contribution in [0, 0.1) is 0 Å². The van der Waals surface area contributed by atoms with Crippen molar-refractivity contribution in [3.63, 3.8) is 0 Å². The van der Waals surface area contributed by atoms with Gasteiger partial charge in [-0.2, -0.15) is 0 Å². The summed E-state index contributed by atoms with van der Waals surface area (Å²) in [6.07, 6.45) is 2.10. The summed E-state index contributed by atoms with van der Waals surface area (Å²) in [6, 6.07) is 0. The lowest BCUT2D eigenvalue weighted by Gasteiger charge is -2.09. The van der Waals surface area contributed by atoms with Gasteiger partial charge in [-0.3, -0.25) is 13.8 Å². The Bertz CT molecular complexity index is 214. The van der Waals surface area contributed by atoms with Gasteiger partial charge in [-0.05, 0) is 6.92 Å². The van der Waals surface area contributed by atoms with Crippen molar-refractivity contribution in [3.05, 3.63) is 12.3 Å². The first kappa shape index (κ1) is 11.4. The molecule has 12 heavy (non-hydrogen) atoms. The van der Waals surface area contributed by atoms with Crippen LogP contribution in [0.2, 0.25) is 0 Å². The number of carbonyl (C=O) groups is 1. The van der Waals surface area contributed by atoms with Gasteiger partial charge in [0.15, 0.2) is 5.78 Å². The van der Waals surface area contributed by atoms with E-state index in [1.165, 1.54) is 21.1 Å². The van der Waals surface area contributed by atoms with Crippen LogP contribution in [-0.4, -0.2) is 20.0 Å². The van der Waals surface area contributed by atoms with Crippen molar-refractivity contribution in [2.45, 2.75) is 6.92 Å². The van der Waals surface area contributed by atoms with E-state index in [2.05, 4.69) is 13.6 Å². The number of hydrogen-bond acceptors (Lipinski definition) is 5. The maximum absolute atomic E-state index is 11.1. The summed E-state index contributed by atoms with van der Waals surface area (Å²) in [5.74, 6) is -0.214. The van der Waals surface area contributed by atoms with Gasteiger partial charge in [0.25, 0.3) is 0 Å². The van der Waals surface area contributed by atoms with Crippen LogP contribution in [0.5, 0.6) is 0 Å². The monoisotopic (exact) mass is 194 g/mol. The number of hydrogen-bond donors (Lipinski definition) is 0. The zero-order valence-electron chi connectivity index (χ0n) is 7.14. The summed E-state index contributed by atoms with van der Waals surface area (Å²) >= 11 is 0. The van der Waals surface area contributed by atoms with Crippen molar-refractivity contribution < 1.29 is 22.9 Å². The fourth-order valence-corrected chi connectivity index (χ4v) is 0.893. The van der Waals surface area contributed by atoms with E-state index in [9.17, 15) is 9.36 Å². The van der Waals surface area contributed by atoms with E-state index in [4.69, 9.17) is 0 Å². The molecule has 0 unspecified atom stereocenters. The normalized spacial score (nSPS) is 11.9. The molecule has 0 amide bonds. The fraction of sp³-hybridized carbons (Fsp3) is 0.500. The summed E-state index contributed by atoms with van der Waals surface area (Å²) < 4.78 is 24.5. The summed E-state index contributed by atoms with van der Waals surface area (Å²) in [5.41, 5.74) is 0. The summed E-state index contributed by atoms with van der Waals surface area (Å²) in [5, 5.41) is 0. The van der Waals surface area contributed by atoms with E-state index in [1.54, 1.807) is 0 Å². The second-order valence-electron chi connectivity index (χ2n) is 1.83. The van der Waals surface area contributed by atoms with E-state index in [0.717, 1.165) is 12.3 Å². The Kier molecular flexibility index (Phi) is 4.81. The van der Waals surface area contributed by atoms with E-state index >= 15 is 0 Å². The Balaban J connectivity index is 4.06. The Morgan fingerprint density at radius 2 is 1.83 bits per heavy atom. The summed E-state index contributed by atoms with van der Waals surface area (Å²) in [4.78, 5) is 10.4. The maximum atomic E-state index is 11.1. The quantitative estimate of drug-likeness (QED) is 0.377. The molecular weight excluding hydrogens is 183 g/mol. The van der Waals surface area contributed by atoms with Crippen molar-refractivity contribution in [2.24, 2.45) is 0 Å². The van der Waals surface area contributed by atoms with Gasteiger partial charge < -0.3 is 4.52 Å². The fourth-order valence-electron chi connectivity index (χ4n) is 0.361. The molecule has 0 spiro atoms. The molecule has 0 saturated heterocycles. The predicted molar refractivity (Wildman–Crippen MR) is 42.5 cm³/mol. The topological polar surface area (TPSA) is 61.8 Å². The van der Waals surface area contributed by atoms with Gasteiger partial charge in [-0.15, -0.1) is 0 Å². The number of carbonyl (C=O) groups excluding carboxylic acids is 1. The highest BCUT2D eigenvalue weighted by atomic mass is 31.2. The minimum absolute atomic E-state index is 0.214. The molecule has 0 radical (unpaired) electrons. The Hall–Kier alpha value is -0.640. The van der Waals surface area contributed by atoms with E-state index < -0.39 is 7.82 Å². The summed E-state index contributed by atoms with van der Waals surface area (Å²) in [6.45, 7) is 1.34. The Morgan fingerprint density at radius 3 is 2.17 bits per heavy atom. The van der Waals surface area contributed by atoms with Crippen molar-refractivity contribution in [2.75, 3.05) is 14.2 Å². The smallest absolute Gasteiger partial charge is 0.412 e. The van der Waals surface area contributed by atoms with Crippen LogP contribution in [-0.2, 0) is 22.9 Å². The number of phosphoric ester groups is 1. The molecule has 5 nitrogen and oxygen atoms in total. The van der Waals surface area contributed by atoms with E-state index in [-0.39, 0.29) is 5.78 Å². The van der Waals surface area contributed by atoms with Crippen LogP contribution in [0.25, 0.3) is 0 Å². The van der Waals surface area contributed by atoms with Gasteiger partial charge in [-0.1, -0.05) is 0 Å². The second-order valence-corrected chi connectivity index (χ2v) is 3.67.